The predicted molar refractivity (Wildman–Crippen MR) is 148 cm³/mol. The molecule has 0 bridgehead atoms. The van der Waals surface area contributed by atoms with Crippen molar-refractivity contribution in [1.82, 2.24) is 4.90 Å². The van der Waals surface area contributed by atoms with Crippen LogP contribution in [0.3, 0.4) is 0 Å². The van der Waals surface area contributed by atoms with Gasteiger partial charge in [-0.15, -0.1) is 0 Å². The second-order valence-electron chi connectivity index (χ2n) is 9.71. The van der Waals surface area contributed by atoms with Crippen molar-refractivity contribution in [2.75, 3.05) is 24.3 Å². The van der Waals surface area contributed by atoms with Crippen LogP contribution >= 0.6 is 11.6 Å². The molecule has 0 aliphatic heterocycles. The van der Waals surface area contributed by atoms with Gasteiger partial charge in [0.2, 0.25) is 5.91 Å². The first kappa shape index (κ1) is 25.8. The summed E-state index contributed by atoms with van der Waals surface area (Å²) in [4.78, 5) is 30.5. The van der Waals surface area contributed by atoms with Crippen LogP contribution in [0.1, 0.15) is 60.1 Å². The minimum atomic E-state index is -0.193. The van der Waals surface area contributed by atoms with Gasteiger partial charge in [-0.2, -0.15) is 0 Å². The van der Waals surface area contributed by atoms with E-state index in [1.54, 1.807) is 12.1 Å². The second-order valence-corrected chi connectivity index (χ2v) is 10.1. The molecule has 2 amide bonds. The van der Waals surface area contributed by atoms with Crippen LogP contribution in [0.5, 0.6) is 0 Å². The summed E-state index contributed by atoms with van der Waals surface area (Å²) in [6.45, 7) is 2.39. The quantitative estimate of drug-likeness (QED) is 0.362. The number of carbonyl (C=O) groups is 2. The van der Waals surface area contributed by atoms with Crippen molar-refractivity contribution in [2.24, 2.45) is 5.92 Å². The molecular formula is C30H34ClN3O2. The fourth-order valence-electron chi connectivity index (χ4n) is 4.93. The Bertz CT molecular complexity index is 1210. The van der Waals surface area contributed by atoms with Crippen LogP contribution in [0, 0.1) is 5.92 Å². The molecule has 1 N–H and O–H groups in total. The van der Waals surface area contributed by atoms with Gasteiger partial charge in [-0.1, -0.05) is 66.9 Å². The van der Waals surface area contributed by atoms with E-state index in [9.17, 15) is 9.59 Å². The van der Waals surface area contributed by atoms with Crippen LogP contribution in [-0.4, -0.2) is 30.8 Å². The van der Waals surface area contributed by atoms with E-state index < -0.39 is 0 Å². The Balaban J connectivity index is 1.69. The average molecular weight is 504 g/mol. The standard InChI is InChI=1S/C30H34ClN3O2/c1-21(22-11-5-4-6-12-22)34(30(36)26-15-9-10-16-27(26)31)20-24-19-25(17-18-28(24)33(2)3)32-29(35)23-13-7-8-14-23/h4-6,9-12,15-19,21,23H,7-8,13-14,20H2,1-3H3,(H,32,35)/t21-/m1/s1. The Labute approximate surface area is 219 Å². The minimum absolute atomic E-state index is 0.0812. The molecule has 1 aliphatic rings. The summed E-state index contributed by atoms with van der Waals surface area (Å²) in [6, 6.07) is 22.9. The van der Waals surface area contributed by atoms with Crippen LogP contribution in [0.25, 0.3) is 0 Å². The van der Waals surface area contributed by atoms with Gasteiger partial charge in [-0.05, 0) is 61.2 Å². The molecule has 0 spiro atoms. The van der Waals surface area contributed by atoms with E-state index in [1.807, 2.05) is 91.5 Å². The lowest BCUT2D eigenvalue weighted by Crippen LogP contribution is -2.34. The predicted octanol–water partition coefficient (Wildman–Crippen LogP) is 6.94. The van der Waals surface area contributed by atoms with Crippen molar-refractivity contribution >= 4 is 34.8 Å². The molecule has 1 aliphatic carbocycles. The van der Waals surface area contributed by atoms with E-state index >= 15 is 0 Å². The van der Waals surface area contributed by atoms with Crippen molar-refractivity contribution in [3.05, 3.63) is 94.5 Å². The number of nitrogens with zero attached hydrogens (tertiary/aromatic N) is 2. The maximum atomic E-state index is 13.9. The van der Waals surface area contributed by atoms with Gasteiger partial charge < -0.3 is 15.1 Å². The molecule has 0 radical (unpaired) electrons. The summed E-state index contributed by atoms with van der Waals surface area (Å²) in [6.07, 6.45) is 4.12. The van der Waals surface area contributed by atoms with E-state index in [4.69, 9.17) is 11.6 Å². The zero-order valence-corrected chi connectivity index (χ0v) is 22.0. The second kappa shape index (κ2) is 11.6. The van der Waals surface area contributed by atoms with E-state index in [2.05, 4.69) is 5.32 Å². The Hall–Kier alpha value is -3.31. The summed E-state index contributed by atoms with van der Waals surface area (Å²) in [5, 5.41) is 3.54. The Kier molecular flexibility index (Phi) is 8.32. The van der Waals surface area contributed by atoms with Crippen LogP contribution in [0.2, 0.25) is 5.02 Å². The topological polar surface area (TPSA) is 52.7 Å². The summed E-state index contributed by atoms with van der Waals surface area (Å²) in [5.74, 6) is 0.0261. The maximum Gasteiger partial charge on any atom is 0.256 e. The zero-order chi connectivity index (χ0) is 25.7. The number of amides is 2. The number of hydrogen-bond acceptors (Lipinski definition) is 3. The first-order chi connectivity index (χ1) is 17.3. The first-order valence-corrected chi connectivity index (χ1v) is 12.9. The molecule has 188 valence electrons. The third-order valence-corrected chi connectivity index (χ3v) is 7.34. The number of nitrogens with one attached hydrogen (secondary N) is 1. The van der Waals surface area contributed by atoms with Crippen molar-refractivity contribution in [2.45, 2.75) is 45.2 Å². The molecule has 1 atom stereocenters. The van der Waals surface area contributed by atoms with Gasteiger partial charge in [0.05, 0.1) is 16.6 Å². The van der Waals surface area contributed by atoms with E-state index in [0.29, 0.717) is 17.1 Å². The number of benzene rings is 3. The van der Waals surface area contributed by atoms with Crippen molar-refractivity contribution in [1.29, 1.82) is 0 Å². The average Bonchev–Trinajstić information content (AvgIpc) is 3.43. The SMILES string of the molecule is C[C@H](c1ccccc1)N(Cc1cc(NC(=O)C2CCCC2)ccc1N(C)C)C(=O)c1ccccc1Cl. The van der Waals surface area contributed by atoms with Crippen LogP contribution < -0.4 is 10.2 Å². The molecule has 1 saturated carbocycles. The number of rotatable bonds is 8. The highest BCUT2D eigenvalue weighted by molar-refractivity contribution is 6.33. The van der Waals surface area contributed by atoms with Crippen LogP contribution in [0.4, 0.5) is 11.4 Å². The number of anilines is 2. The molecule has 0 heterocycles. The van der Waals surface area contributed by atoms with E-state index in [-0.39, 0.29) is 23.8 Å². The van der Waals surface area contributed by atoms with Gasteiger partial charge in [0.15, 0.2) is 0 Å². The van der Waals surface area contributed by atoms with Gasteiger partial charge in [0, 0.05) is 37.9 Å². The van der Waals surface area contributed by atoms with Gasteiger partial charge in [-0.3, -0.25) is 9.59 Å². The molecule has 3 aromatic rings. The molecule has 0 unspecified atom stereocenters. The maximum absolute atomic E-state index is 13.9. The van der Waals surface area contributed by atoms with E-state index in [1.165, 1.54) is 0 Å². The lowest BCUT2D eigenvalue weighted by Gasteiger charge is -2.32. The number of halogens is 1. The highest BCUT2D eigenvalue weighted by Crippen LogP contribution is 2.32. The third-order valence-electron chi connectivity index (χ3n) is 7.01. The number of carbonyl (C=O) groups excluding carboxylic acids is 2. The van der Waals surface area contributed by atoms with Crippen LogP contribution in [0.15, 0.2) is 72.8 Å². The first-order valence-electron chi connectivity index (χ1n) is 12.6. The molecule has 6 heteroatoms. The molecule has 36 heavy (non-hydrogen) atoms. The summed E-state index contributed by atoms with van der Waals surface area (Å²) in [5.41, 5.74) is 4.21. The van der Waals surface area contributed by atoms with Crippen molar-refractivity contribution in [3.8, 4) is 0 Å². The fraction of sp³-hybridized carbons (Fsp3) is 0.333. The summed E-state index contributed by atoms with van der Waals surface area (Å²) < 4.78 is 0. The van der Waals surface area contributed by atoms with Gasteiger partial charge >= 0.3 is 0 Å². The lowest BCUT2D eigenvalue weighted by atomic mass is 10.0. The van der Waals surface area contributed by atoms with Crippen LogP contribution in [-0.2, 0) is 11.3 Å². The minimum Gasteiger partial charge on any atom is -0.377 e. The molecule has 5 nitrogen and oxygen atoms in total. The molecule has 1 fully saturated rings. The number of hydrogen-bond donors (Lipinski definition) is 1. The van der Waals surface area contributed by atoms with Gasteiger partial charge in [0.25, 0.3) is 5.91 Å². The largest absolute Gasteiger partial charge is 0.377 e. The Morgan fingerprint density at radius 2 is 1.64 bits per heavy atom. The molecule has 0 saturated heterocycles. The fourth-order valence-corrected chi connectivity index (χ4v) is 5.14. The molecular weight excluding hydrogens is 470 g/mol. The van der Waals surface area contributed by atoms with Gasteiger partial charge in [-0.25, -0.2) is 0 Å². The molecule has 0 aromatic heterocycles. The smallest absolute Gasteiger partial charge is 0.256 e. The third kappa shape index (κ3) is 5.90. The normalized spacial score (nSPS) is 14.3. The van der Waals surface area contributed by atoms with E-state index in [0.717, 1.165) is 48.2 Å². The summed E-state index contributed by atoms with van der Waals surface area (Å²) >= 11 is 6.44. The molecule has 3 aromatic carbocycles. The Morgan fingerprint density at radius 1 is 0.972 bits per heavy atom. The summed E-state index contributed by atoms with van der Waals surface area (Å²) in [7, 11) is 3.97. The Morgan fingerprint density at radius 3 is 2.31 bits per heavy atom. The van der Waals surface area contributed by atoms with Gasteiger partial charge in [0.1, 0.15) is 0 Å². The zero-order valence-electron chi connectivity index (χ0n) is 21.2. The van der Waals surface area contributed by atoms with Crippen molar-refractivity contribution in [3.63, 3.8) is 0 Å². The monoisotopic (exact) mass is 503 g/mol. The highest BCUT2D eigenvalue weighted by Gasteiger charge is 2.27. The molecule has 4 rings (SSSR count). The highest BCUT2D eigenvalue weighted by atomic mass is 35.5. The lowest BCUT2D eigenvalue weighted by molar-refractivity contribution is -0.119. The van der Waals surface area contributed by atoms with Crippen molar-refractivity contribution < 1.29 is 9.59 Å².